The second kappa shape index (κ2) is 8.09. The third kappa shape index (κ3) is 3.34. The number of hydrogen-bond donors (Lipinski definition) is 3. The fourth-order valence-electron chi connectivity index (χ4n) is 6.43. The van der Waals surface area contributed by atoms with Crippen LogP contribution >= 0.6 is 0 Å². The van der Waals surface area contributed by atoms with Gasteiger partial charge in [0.05, 0.1) is 11.4 Å². The first kappa shape index (κ1) is 23.8. The zero-order valence-electron chi connectivity index (χ0n) is 21.1. The van der Waals surface area contributed by atoms with Gasteiger partial charge in [-0.15, -0.1) is 0 Å². The number of halogens is 2. The summed E-state index contributed by atoms with van der Waals surface area (Å²) in [7, 11) is 1.67. The van der Waals surface area contributed by atoms with E-state index in [-0.39, 0.29) is 22.6 Å². The lowest BCUT2D eigenvalue weighted by Gasteiger charge is -2.26. The third-order valence-electron chi connectivity index (χ3n) is 8.67. The minimum absolute atomic E-state index is 0.00217. The summed E-state index contributed by atoms with van der Waals surface area (Å²) in [5, 5.41) is 12.4. The van der Waals surface area contributed by atoms with Crippen molar-refractivity contribution in [2.75, 3.05) is 30.4 Å². The van der Waals surface area contributed by atoms with Crippen molar-refractivity contribution in [2.24, 2.45) is 11.1 Å². The van der Waals surface area contributed by atoms with Crippen molar-refractivity contribution in [3.63, 3.8) is 0 Å². The van der Waals surface area contributed by atoms with Crippen LogP contribution in [-0.2, 0) is 6.42 Å². The Hall–Kier alpha value is -4.31. The molecule has 7 rings (SSSR count). The van der Waals surface area contributed by atoms with Gasteiger partial charge in [0.25, 0.3) is 5.56 Å². The molecular formula is C29H25F2N5O3. The summed E-state index contributed by atoms with van der Waals surface area (Å²) in [4.78, 5) is 31.4. The number of nitrogens with one attached hydrogen (secondary N) is 1. The van der Waals surface area contributed by atoms with Crippen LogP contribution in [0.1, 0.15) is 34.5 Å². The molecule has 0 amide bonds. The van der Waals surface area contributed by atoms with Gasteiger partial charge in [-0.25, -0.2) is 13.6 Å². The van der Waals surface area contributed by atoms with Crippen molar-refractivity contribution >= 4 is 22.9 Å². The van der Waals surface area contributed by atoms with E-state index < -0.39 is 23.2 Å². The Bertz CT molecular complexity index is 1800. The topological polar surface area (TPSA) is 113 Å². The number of rotatable bonds is 4. The fraction of sp³-hybridized carbons (Fsp3) is 0.276. The van der Waals surface area contributed by atoms with E-state index in [0.717, 1.165) is 18.5 Å². The molecule has 1 spiro atoms. The summed E-state index contributed by atoms with van der Waals surface area (Å²) >= 11 is 0. The van der Waals surface area contributed by atoms with Crippen LogP contribution in [0.3, 0.4) is 0 Å². The van der Waals surface area contributed by atoms with Crippen LogP contribution < -0.4 is 21.5 Å². The summed E-state index contributed by atoms with van der Waals surface area (Å²) in [5.41, 5.74) is 10.4. The first-order chi connectivity index (χ1) is 18.7. The molecule has 8 nitrogen and oxygen atoms in total. The third-order valence-corrected chi connectivity index (χ3v) is 8.67. The number of carboxylic acids is 1. The maximum absolute atomic E-state index is 15.5. The molecule has 2 atom stereocenters. The van der Waals surface area contributed by atoms with Crippen LogP contribution in [0.4, 0.5) is 20.2 Å². The van der Waals surface area contributed by atoms with E-state index in [9.17, 15) is 19.1 Å². The number of aromatic nitrogens is 2. The van der Waals surface area contributed by atoms with E-state index in [1.54, 1.807) is 31.6 Å². The van der Waals surface area contributed by atoms with Gasteiger partial charge in [0, 0.05) is 89.9 Å². The van der Waals surface area contributed by atoms with Crippen molar-refractivity contribution in [1.82, 2.24) is 9.38 Å². The summed E-state index contributed by atoms with van der Waals surface area (Å²) in [5.74, 6) is -3.17. The molecule has 1 saturated heterocycles. The molecule has 1 aliphatic heterocycles. The normalized spacial score (nSPS) is 20.9. The average molecular weight is 530 g/mol. The molecular weight excluding hydrogens is 504 g/mol. The molecule has 0 unspecified atom stereocenters. The zero-order valence-corrected chi connectivity index (χ0v) is 21.1. The lowest BCUT2D eigenvalue weighted by Crippen LogP contribution is -2.24. The van der Waals surface area contributed by atoms with Crippen LogP contribution in [0.5, 0.6) is 0 Å². The number of hydrogen-bond acceptors (Lipinski definition) is 6. The van der Waals surface area contributed by atoms with Gasteiger partial charge in [-0.05, 0) is 36.6 Å². The summed E-state index contributed by atoms with van der Waals surface area (Å²) in [6.07, 6.45) is 5.45. The number of carbonyl (C=O) groups is 1. The lowest BCUT2D eigenvalue weighted by atomic mass is 9.97. The first-order valence-corrected chi connectivity index (χ1v) is 12.8. The van der Waals surface area contributed by atoms with Crippen molar-refractivity contribution in [3.05, 3.63) is 81.5 Å². The van der Waals surface area contributed by atoms with Gasteiger partial charge in [-0.1, -0.05) is 6.07 Å². The maximum atomic E-state index is 15.5. The highest BCUT2D eigenvalue weighted by atomic mass is 19.2. The number of carboxylic acid groups (broad SMARTS) is 1. The second-order valence-corrected chi connectivity index (χ2v) is 10.8. The average Bonchev–Trinajstić information content (AvgIpc) is 3.23. The van der Waals surface area contributed by atoms with Gasteiger partial charge in [-0.2, -0.15) is 0 Å². The molecule has 1 aromatic carbocycles. The highest BCUT2D eigenvalue weighted by Crippen LogP contribution is 2.56. The smallest absolute Gasteiger partial charge is 0.341 e. The van der Waals surface area contributed by atoms with Crippen LogP contribution in [0.15, 0.2) is 47.5 Å². The molecule has 0 bridgehead atoms. The molecule has 3 aliphatic rings. The van der Waals surface area contributed by atoms with Gasteiger partial charge in [0.2, 0.25) is 0 Å². The zero-order chi connectivity index (χ0) is 27.2. The predicted molar refractivity (Wildman–Crippen MR) is 143 cm³/mol. The predicted octanol–water partition coefficient (Wildman–Crippen LogP) is 3.88. The van der Waals surface area contributed by atoms with Crippen molar-refractivity contribution in [3.8, 4) is 22.3 Å². The molecule has 3 aromatic heterocycles. The molecule has 39 heavy (non-hydrogen) atoms. The largest absolute Gasteiger partial charge is 0.477 e. The van der Waals surface area contributed by atoms with Gasteiger partial charge >= 0.3 is 5.97 Å². The highest BCUT2D eigenvalue weighted by Gasteiger charge is 2.56. The Morgan fingerprint density at radius 2 is 2.00 bits per heavy atom. The van der Waals surface area contributed by atoms with Gasteiger partial charge < -0.3 is 21.1 Å². The van der Waals surface area contributed by atoms with E-state index in [1.807, 2.05) is 6.07 Å². The number of nitrogens with zero attached hydrogens (tertiary/aromatic N) is 3. The summed E-state index contributed by atoms with van der Waals surface area (Å²) in [6.45, 7) is 1.37. The highest BCUT2D eigenvalue weighted by molar-refractivity contribution is 5.97. The molecule has 4 heterocycles. The molecule has 2 aliphatic carbocycles. The van der Waals surface area contributed by atoms with E-state index >= 15 is 4.39 Å². The maximum Gasteiger partial charge on any atom is 0.341 e. The van der Waals surface area contributed by atoms with Crippen molar-refractivity contribution < 1.29 is 18.7 Å². The van der Waals surface area contributed by atoms with Crippen LogP contribution in [-0.4, -0.2) is 46.6 Å². The van der Waals surface area contributed by atoms with E-state index in [0.29, 0.717) is 58.7 Å². The fourth-order valence-corrected chi connectivity index (χ4v) is 6.43. The van der Waals surface area contributed by atoms with E-state index in [4.69, 9.17) is 10.7 Å². The minimum atomic E-state index is -1.31. The monoisotopic (exact) mass is 529 g/mol. The lowest BCUT2D eigenvalue weighted by molar-refractivity contribution is 0.0694. The molecule has 10 heteroatoms. The number of pyridine rings is 3. The molecule has 1 saturated carbocycles. The second-order valence-electron chi connectivity index (χ2n) is 10.8. The molecule has 2 fully saturated rings. The van der Waals surface area contributed by atoms with E-state index in [1.165, 1.54) is 16.5 Å². The summed E-state index contributed by atoms with van der Waals surface area (Å²) < 4.78 is 31.6. The quantitative estimate of drug-likeness (QED) is 0.324. The SMILES string of the molecule is CNc1cc(F)c(F)c2c1Cc1ncc(-c3ccc4ccc(C(=O)O)c(=O)n4c3)c(N3CC[C@]4(C[C@@H]4N)C3)c1-2. The molecule has 4 N–H and O–H groups in total. The van der Waals surface area contributed by atoms with Gasteiger partial charge in [-0.3, -0.25) is 14.2 Å². The van der Waals surface area contributed by atoms with Crippen molar-refractivity contribution in [1.29, 1.82) is 0 Å². The Morgan fingerprint density at radius 1 is 1.23 bits per heavy atom. The number of nitrogens with two attached hydrogens (primary N) is 1. The first-order valence-electron chi connectivity index (χ1n) is 12.8. The Labute approximate surface area is 221 Å². The van der Waals surface area contributed by atoms with Gasteiger partial charge in [0.1, 0.15) is 5.56 Å². The standard InChI is InChI=1S/C29H25F2N5O3/c1-33-20-9-19(30)25(31)23-17(20)8-21-24(23)26(35-7-6-29(13-35)10-22(29)32)18(11-34-21)14-2-3-15-4-5-16(28(38)39)27(37)36(15)12-14/h2-5,9,11-12,22,33H,6-8,10,13,32H2,1H3,(H,38,39)/t22-,29-/m0/s1. The number of benzene rings is 1. The van der Waals surface area contributed by atoms with Crippen molar-refractivity contribution in [2.45, 2.75) is 25.3 Å². The number of fused-ring (bicyclic) bond motifs is 4. The van der Waals surface area contributed by atoms with E-state index in [2.05, 4.69) is 10.2 Å². The number of aromatic carboxylic acids is 1. The molecule has 198 valence electrons. The molecule has 4 aromatic rings. The number of anilines is 2. The Balaban J connectivity index is 1.50. The Kier molecular flexibility index (Phi) is 4.94. The van der Waals surface area contributed by atoms with Crippen LogP contribution in [0, 0.1) is 17.0 Å². The van der Waals surface area contributed by atoms with Gasteiger partial charge in [0.15, 0.2) is 11.6 Å². The summed E-state index contributed by atoms with van der Waals surface area (Å²) in [6, 6.07) is 7.70. The Morgan fingerprint density at radius 3 is 2.69 bits per heavy atom. The van der Waals surface area contributed by atoms with Crippen LogP contribution in [0.25, 0.3) is 27.8 Å². The minimum Gasteiger partial charge on any atom is -0.477 e. The molecule has 0 radical (unpaired) electrons. The van der Waals surface area contributed by atoms with Crippen LogP contribution in [0.2, 0.25) is 0 Å².